The number of aromatic amines is 1. The van der Waals surface area contributed by atoms with Crippen LogP contribution < -0.4 is 0 Å². The maximum atomic E-state index is 11.9. The Kier molecular flexibility index (Phi) is 5.91. The highest BCUT2D eigenvalue weighted by Gasteiger charge is 2.22. The number of hydrogen-bond donors (Lipinski definition) is 2. The van der Waals surface area contributed by atoms with Crippen molar-refractivity contribution in [1.82, 2.24) is 4.98 Å². The molecule has 0 fully saturated rings. The predicted molar refractivity (Wildman–Crippen MR) is 78.5 cm³/mol. The lowest BCUT2D eigenvalue weighted by atomic mass is 10.1. The quantitative estimate of drug-likeness (QED) is 0.359. The Bertz CT molecular complexity index is 626. The number of aliphatic carboxylic acids is 1. The number of carboxylic acids is 1. The maximum absolute atomic E-state index is 11.9. The first-order valence-corrected chi connectivity index (χ1v) is 6.81. The number of carboxylic acid groups (broad SMARTS) is 1. The Morgan fingerprint density at radius 3 is 2.23 bits per heavy atom. The molecule has 0 unspecified atom stereocenters. The van der Waals surface area contributed by atoms with E-state index in [1.165, 1.54) is 0 Å². The number of esters is 2. The van der Waals surface area contributed by atoms with Crippen LogP contribution in [0.5, 0.6) is 0 Å². The van der Waals surface area contributed by atoms with Gasteiger partial charge in [-0.15, -0.1) is 0 Å². The number of carbonyl (C=O) groups is 3. The highest BCUT2D eigenvalue weighted by Crippen LogP contribution is 2.21. The van der Waals surface area contributed by atoms with Crippen LogP contribution in [0.1, 0.15) is 41.2 Å². The summed E-state index contributed by atoms with van der Waals surface area (Å²) in [6.45, 7) is 6.89. The van der Waals surface area contributed by atoms with Gasteiger partial charge in [0.2, 0.25) is 0 Å². The first-order chi connectivity index (χ1) is 10.3. The van der Waals surface area contributed by atoms with Crippen LogP contribution in [0.25, 0.3) is 6.08 Å². The Balaban J connectivity index is 3.29. The first kappa shape index (κ1) is 17.5. The number of rotatable bonds is 6. The molecule has 0 saturated heterocycles. The van der Waals surface area contributed by atoms with Crippen LogP contribution in [0, 0.1) is 13.8 Å². The molecule has 0 radical (unpaired) electrons. The lowest BCUT2D eigenvalue weighted by molar-refractivity contribution is -0.143. The average Bonchev–Trinajstić information content (AvgIpc) is 2.70. The minimum absolute atomic E-state index is 0.0697. The fourth-order valence-corrected chi connectivity index (χ4v) is 1.99. The highest BCUT2D eigenvalue weighted by atomic mass is 16.5. The van der Waals surface area contributed by atoms with Gasteiger partial charge in [0.15, 0.2) is 0 Å². The molecular formula is C15H19NO6. The molecule has 1 aromatic rings. The molecule has 0 aliphatic carbocycles. The summed E-state index contributed by atoms with van der Waals surface area (Å²) in [4.78, 5) is 37.6. The number of ether oxygens (including phenoxy) is 2. The van der Waals surface area contributed by atoms with Gasteiger partial charge < -0.3 is 19.6 Å². The molecule has 0 aromatic carbocycles. The zero-order valence-electron chi connectivity index (χ0n) is 13.0. The van der Waals surface area contributed by atoms with E-state index in [0.717, 1.165) is 6.08 Å². The van der Waals surface area contributed by atoms with E-state index in [2.05, 4.69) is 4.98 Å². The molecule has 1 aromatic heterocycles. The van der Waals surface area contributed by atoms with E-state index in [4.69, 9.17) is 14.6 Å². The number of H-pyrrole nitrogens is 1. The number of aromatic nitrogens is 1. The molecule has 22 heavy (non-hydrogen) atoms. The fraction of sp³-hybridized carbons (Fsp3) is 0.400. The summed E-state index contributed by atoms with van der Waals surface area (Å²) in [5.41, 5.74) is 1.23. The minimum atomic E-state index is -1.40. The van der Waals surface area contributed by atoms with Gasteiger partial charge in [-0.05, 0) is 39.3 Å². The highest BCUT2D eigenvalue weighted by molar-refractivity contribution is 6.17. The summed E-state index contributed by atoms with van der Waals surface area (Å²) in [6, 6.07) is 0. The molecule has 1 heterocycles. The summed E-state index contributed by atoms with van der Waals surface area (Å²) in [5.74, 6) is -2.83. The standard InChI is InChI=1S/C15H19NO6/c1-5-21-14(19)10(13(17)18)7-11-8(3)12(9(4)16-11)15(20)22-6-2/h7,16H,5-6H2,1-4H3,(H,17,18)/b10-7-. The van der Waals surface area contributed by atoms with Crippen LogP contribution in [0.15, 0.2) is 5.57 Å². The second kappa shape index (κ2) is 7.44. The van der Waals surface area contributed by atoms with Crippen molar-refractivity contribution in [3.05, 3.63) is 28.1 Å². The molecule has 0 aliphatic heterocycles. The summed E-state index contributed by atoms with van der Waals surface area (Å²) in [7, 11) is 0. The molecule has 0 amide bonds. The zero-order chi connectivity index (χ0) is 16.9. The van der Waals surface area contributed by atoms with Gasteiger partial charge in [0.1, 0.15) is 5.57 Å². The maximum Gasteiger partial charge on any atom is 0.345 e. The van der Waals surface area contributed by atoms with Gasteiger partial charge >= 0.3 is 17.9 Å². The van der Waals surface area contributed by atoms with Crippen LogP contribution in [0.4, 0.5) is 0 Å². The molecule has 2 N–H and O–H groups in total. The number of carbonyl (C=O) groups excluding carboxylic acids is 2. The van der Waals surface area contributed by atoms with Gasteiger partial charge in [0.05, 0.1) is 18.8 Å². The van der Waals surface area contributed by atoms with Gasteiger partial charge in [0, 0.05) is 11.4 Å². The topological polar surface area (TPSA) is 106 Å². The van der Waals surface area contributed by atoms with Gasteiger partial charge in [-0.1, -0.05) is 0 Å². The van der Waals surface area contributed by atoms with E-state index in [-0.39, 0.29) is 13.2 Å². The Labute approximate surface area is 127 Å². The lowest BCUT2D eigenvalue weighted by Crippen LogP contribution is -2.15. The van der Waals surface area contributed by atoms with Crippen molar-refractivity contribution < 1.29 is 29.0 Å². The molecular weight excluding hydrogens is 290 g/mol. The Hall–Kier alpha value is -2.57. The summed E-state index contributed by atoms with van der Waals surface area (Å²) in [5, 5.41) is 9.12. The van der Waals surface area contributed by atoms with E-state index in [9.17, 15) is 14.4 Å². The van der Waals surface area contributed by atoms with Crippen LogP contribution in [-0.4, -0.2) is 41.2 Å². The largest absolute Gasteiger partial charge is 0.477 e. The van der Waals surface area contributed by atoms with Crippen molar-refractivity contribution >= 4 is 24.0 Å². The van der Waals surface area contributed by atoms with Crippen LogP contribution in [0.2, 0.25) is 0 Å². The van der Waals surface area contributed by atoms with Crippen molar-refractivity contribution in [1.29, 1.82) is 0 Å². The Morgan fingerprint density at radius 2 is 1.73 bits per heavy atom. The fourth-order valence-electron chi connectivity index (χ4n) is 1.99. The second-order valence-corrected chi connectivity index (χ2v) is 4.47. The van der Waals surface area contributed by atoms with Crippen molar-refractivity contribution in [2.45, 2.75) is 27.7 Å². The normalized spacial score (nSPS) is 11.2. The summed E-state index contributed by atoms with van der Waals surface area (Å²) in [6.07, 6.45) is 1.16. The van der Waals surface area contributed by atoms with Gasteiger partial charge in [-0.3, -0.25) is 0 Å². The Morgan fingerprint density at radius 1 is 1.14 bits per heavy atom. The van der Waals surface area contributed by atoms with Gasteiger partial charge in [-0.25, -0.2) is 14.4 Å². The van der Waals surface area contributed by atoms with Gasteiger partial charge in [-0.2, -0.15) is 0 Å². The molecule has 0 aliphatic rings. The van der Waals surface area contributed by atoms with Crippen molar-refractivity contribution in [3.63, 3.8) is 0 Å². The van der Waals surface area contributed by atoms with Crippen molar-refractivity contribution in [3.8, 4) is 0 Å². The molecule has 1 rings (SSSR count). The number of nitrogens with one attached hydrogen (secondary N) is 1. The number of hydrogen-bond acceptors (Lipinski definition) is 5. The molecule has 7 nitrogen and oxygen atoms in total. The molecule has 0 atom stereocenters. The molecule has 0 bridgehead atoms. The van der Waals surface area contributed by atoms with Crippen LogP contribution in [-0.2, 0) is 19.1 Å². The van der Waals surface area contributed by atoms with Gasteiger partial charge in [0.25, 0.3) is 0 Å². The van der Waals surface area contributed by atoms with Crippen LogP contribution >= 0.6 is 0 Å². The first-order valence-electron chi connectivity index (χ1n) is 6.81. The van der Waals surface area contributed by atoms with Crippen molar-refractivity contribution in [2.75, 3.05) is 13.2 Å². The van der Waals surface area contributed by atoms with Crippen molar-refractivity contribution in [2.24, 2.45) is 0 Å². The molecule has 7 heteroatoms. The summed E-state index contributed by atoms with van der Waals surface area (Å²) >= 11 is 0. The third-order valence-corrected chi connectivity index (χ3v) is 2.97. The third-order valence-electron chi connectivity index (χ3n) is 2.97. The number of aryl methyl sites for hydroxylation is 1. The predicted octanol–water partition coefficient (Wildman–Crippen LogP) is 1.84. The van der Waals surface area contributed by atoms with E-state index >= 15 is 0 Å². The SMILES string of the molecule is CCOC(=O)/C(=C\c1[nH]c(C)c(C(=O)OCC)c1C)C(=O)O. The van der Waals surface area contributed by atoms with E-state index < -0.39 is 23.5 Å². The monoisotopic (exact) mass is 309 g/mol. The van der Waals surface area contributed by atoms with E-state index in [0.29, 0.717) is 22.5 Å². The smallest absolute Gasteiger partial charge is 0.345 e. The minimum Gasteiger partial charge on any atom is -0.477 e. The average molecular weight is 309 g/mol. The van der Waals surface area contributed by atoms with E-state index in [1.54, 1.807) is 27.7 Å². The molecule has 0 spiro atoms. The summed E-state index contributed by atoms with van der Waals surface area (Å²) < 4.78 is 9.66. The molecule has 120 valence electrons. The third kappa shape index (κ3) is 3.75. The second-order valence-electron chi connectivity index (χ2n) is 4.47. The zero-order valence-corrected chi connectivity index (χ0v) is 13.0. The lowest BCUT2D eigenvalue weighted by Gasteiger charge is -2.03. The molecule has 0 saturated carbocycles. The van der Waals surface area contributed by atoms with E-state index in [1.807, 2.05) is 0 Å². The van der Waals surface area contributed by atoms with Crippen LogP contribution in [0.3, 0.4) is 0 Å².